The number of urea groups is 1. The van der Waals surface area contributed by atoms with Gasteiger partial charge in [0.15, 0.2) is 0 Å². The van der Waals surface area contributed by atoms with Gasteiger partial charge in [0.05, 0.1) is 12.5 Å². The third-order valence-corrected chi connectivity index (χ3v) is 4.40. The number of nitrogens with one attached hydrogen (secondary N) is 2. The maximum absolute atomic E-state index is 12.2. The second kappa shape index (κ2) is 8.92. The molecule has 0 bridgehead atoms. The van der Waals surface area contributed by atoms with Crippen molar-refractivity contribution >= 4 is 40.8 Å². The van der Waals surface area contributed by atoms with Crippen LogP contribution in [-0.2, 0) is 11.2 Å². The lowest BCUT2D eigenvalue weighted by atomic mass is 10.1. The van der Waals surface area contributed by atoms with E-state index >= 15 is 0 Å². The molecule has 1 atom stereocenters. The van der Waals surface area contributed by atoms with Crippen molar-refractivity contribution in [2.45, 2.75) is 19.4 Å². The SMILES string of the molecule is CC(NC(=O)Nc1ccc(CC(=O)N(C)C)cc1)c1ccc(Cl)cc1Cl. The molecule has 7 heteroatoms. The second-order valence-corrected chi connectivity index (χ2v) is 6.99. The van der Waals surface area contributed by atoms with E-state index in [4.69, 9.17) is 23.2 Å². The van der Waals surface area contributed by atoms with Crippen molar-refractivity contribution in [1.82, 2.24) is 10.2 Å². The van der Waals surface area contributed by atoms with E-state index in [2.05, 4.69) is 10.6 Å². The van der Waals surface area contributed by atoms with Crippen LogP contribution in [0.5, 0.6) is 0 Å². The van der Waals surface area contributed by atoms with Crippen molar-refractivity contribution in [2.24, 2.45) is 0 Å². The molecule has 3 amide bonds. The molecule has 0 aliphatic carbocycles. The number of amides is 3. The highest BCUT2D eigenvalue weighted by Gasteiger charge is 2.13. The Bertz CT molecular complexity index is 792. The number of halogens is 2. The Morgan fingerprint density at radius 3 is 2.31 bits per heavy atom. The van der Waals surface area contributed by atoms with Gasteiger partial charge in [0.25, 0.3) is 0 Å². The molecule has 26 heavy (non-hydrogen) atoms. The zero-order valence-corrected chi connectivity index (χ0v) is 16.4. The lowest BCUT2D eigenvalue weighted by Crippen LogP contribution is -2.31. The summed E-state index contributed by atoms with van der Waals surface area (Å²) in [4.78, 5) is 25.4. The smallest absolute Gasteiger partial charge is 0.319 e. The average molecular weight is 394 g/mol. The van der Waals surface area contributed by atoms with E-state index in [1.165, 1.54) is 0 Å². The zero-order valence-electron chi connectivity index (χ0n) is 14.8. The van der Waals surface area contributed by atoms with Gasteiger partial charge in [0.2, 0.25) is 5.91 Å². The monoisotopic (exact) mass is 393 g/mol. The molecule has 0 spiro atoms. The van der Waals surface area contributed by atoms with Gasteiger partial charge in [-0.2, -0.15) is 0 Å². The first-order valence-corrected chi connectivity index (χ1v) is 8.83. The first kappa shape index (κ1) is 20.1. The fourth-order valence-electron chi connectivity index (χ4n) is 2.33. The molecule has 0 heterocycles. The number of likely N-dealkylation sites (N-methyl/N-ethyl adjacent to an activating group) is 1. The Kier molecular flexibility index (Phi) is 6.89. The number of hydrogen-bond donors (Lipinski definition) is 2. The standard InChI is InChI=1S/C19H21Cl2N3O2/c1-12(16-9-6-14(20)11-17(16)21)22-19(26)23-15-7-4-13(5-8-15)10-18(25)24(2)3/h4-9,11-12H,10H2,1-3H3,(H2,22,23,26). The number of carbonyl (C=O) groups is 2. The van der Waals surface area contributed by atoms with Crippen LogP contribution in [0.1, 0.15) is 24.1 Å². The maximum atomic E-state index is 12.2. The lowest BCUT2D eigenvalue weighted by Gasteiger charge is -2.16. The van der Waals surface area contributed by atoms with Crippen molar-refractivity contribution in [2.75, 3.05) is 19.4 Å². The number of hydrogen-bond acceptors (Lipinski definition) is 2. The highest BCUT2D eigenvalue weighted by atomic mass is 35.5. The molecular weight excluding hydrogens is 373 g/mol. The molecular formula is C19H21Cl2N3O2. The summed E-state index contributed by atoms with van der Waals surface area (Å²) in [7, 11) is 3.44. The second-order valence-electron chi connectivity index (χ2n) is 6.15. The molecule has 2 aromatic rings. The molecule has 0 radical (unpaired) electrons. The molecule has 1 unspecified atom stereocenters. The summed E-state index contributed by atoms with van der Waals surface area (Å²) in [6.07, 6.45) is 0.325. The minimum atomic E-state index is -0.347. The predicted molar refractivity (Wildman–Crippen MR) is 106 cm³/mol. The molecule has 0 aromatic heterocycles. The Hall–Kier alpha value is -2.24. The molecule has 2 aromatic carbocycles. The molecule has 0 saturated heterocycles. The summed E-state index contributed by atoms with van der Waals surface area (Å²) in [6, 6.07) is 11.7. The first-order chi connectivity index (χ1) is 12.3. The van der Waals surface area contributed by atoms with Gasteiger partial charge in [0, 0.05) is 29.8 Å². The van der Waals surface area contributed by atoms with Crippen LogP contribution < -0.4 is 10.6 Å². The van der Waals surface area contributed by atoms with E-state index in [0.717, 1.165) is 11.1 Å². The third-order valence-electron chi connectivity index (χ3n) is 3.84. The average Bonchev–Trinajstić information content (AvgIpc) is 2.56. The van der Waals surface area contributed by atoms with Gasteiger partial charge in [-0.3, -0.25) is 4.79 Å². The zero-order chi connectivity index (χ0) is 19.3. The van der Waals surface area contributed by atoms with Crippen LogP contribution in [0.25, 0.3) is 0 Å². The predicted octanol–water partition coefficient (Wildman–Crippen LogP) is 4.51. The van der Waals surface area contributed by atoms with E-state index in [9.17, 15) is 9.59 Å². The van der Waals surface area contributed by atoms with Gasteiger partial charge >= 0.3 is 6.03 Å². The minimum absolute atomic E-state index is 0.0251. The summed E-state index contributed by atoms with van der Waals surface area (Å²) in [6.45, 7) is 1.84. The highest BCUT2D eigenvalue weighted by Crippen LogP contribution is 2.26. The van der Waals surface area contributed by atoms with E-state index in [1.807, 2.05) is 19.1 Å². The Morgan fingerprint density at radius 2 is 1.73 bits per heavy atom. The van der Waals surface area contributed by atoms with E-state index < -0.39 is 0 Å². The van der Waals surface area contributed by atoms with E-state index in [1.54, 1.807) is 49.3 Å². The fraction of sp³-hybridized carbons (Fsp3) is 0.263. The maximum Gasteiger partial charge on any atom is 0.319 e. The first-order valence-electron chi connectivity index (χ1n) is 8.08. The summed E-state index contributed by atoms with van der Waals surface area (Å²) < 4.78 is 0. The van der Waals surface area contributed by atoms with Crippen molar-refractivity contribution in [3.05, 3.63) is 63.6 Å². The van der Waals surface area contributed by atoms with Crippen LogP contribution in [0.4, 0.5) is 10.5 Å². The van der Waals surface area contributed by atoms with Gasteiger partial charge in [-0.1, -0.05) is 41.4 Å². The molecule has 0 aliphatic rings. The van der Waals surface area contributed by atoms with Gasteiger partial charge in [-0.15, -0.1) is 0 Å². The molecule has 2 rings (SSSR count). The van der Waals surface area contributed by atoms with Crippen molar-refractivity contribution in [3.8, 4) is 0 Å². The number of anilines is 1. The van der Waals surface area contributed by atoms with Crippen LogP contribution >= 0.6 is 23.2 Å². The number of rotatable bonds is 5. The van der Waals surface area contributed by atoms with Crippen LogP contribution in [0.15, 0.2) is 42.5 Å². The van der Waals surface area contributed by atoms with Crippen molar-refractivity contribution < 1.29 is 9.59 Å². The lowest BCUT2D eigenvalue weighted by molar-refractivity contribution is -0.127. The summed E-state index contributed by atoms with van der Waals surface area (Å²) in [5, 5.41) is 6.64. The van der Waals surface area contributed by atoms with Crippen molar-refractivity contribution in [3.63, 3.8) is 0 Å². The minimum Gasteiger partial charge on any atom is -0.349 e. The van der Waals surface area contributed by atoms with Crippen molar-refractivity contribution in [1.29, 1.82) is 0 Å². The third kappa shape index (κ3) is 5.64. The molecule has 138 valence electrons. The number of benzene rings is 2. The Labute approximate surface area is 163 Å². The Morgan fingerprint density at radius 1 is 1.08 bits per heavy atom. The Balaban J connectivity index is 1.94. The quantitative estimate of drug-likeness (QED) is 0.784. The molecule has 5 nitrogen and oxygen atoms in total. The van der Waals surface area contributed by atoms with Crippen LogP contribution in [0.3, 0.4) is 0 Å². The van der Waals surface area contributed by atoms with Gasteiger partial charge in [-0.25, -0.2) is 4.79 Å². The largest absolute Gasteiger partial charge is 0.349 e. The molecule has 0 saturated carbocycles. The molecule has 2 N–H and O–H groups in total. The van der Waals surface area contributed by atoms with E-state index in [0.29, 0.717) is 22.2 Å². The normalized spacial score (nSPS) is 11.6. The van der Waals surface area contributed by atoms with Crippen LogP contribution in [0, 0.1) is 0 Å². The summed E-state index contributed by atoms with van der Waals surface area (Å²) in [5.41, 5.74) is 2.30. The highest BCUT2D eigenvalue weighted by molar-refractivity contribution is 6.35. The van der Waals surface area contributed by atoms with Gasteiger partial charge in [-0.05, 0) is 42.3 Å². The van der Waals surface area contributed by atoms with Gasteiger partial charge in [0.1, 0.15) is 0 Å². The topological polar surface area (TPSA) is 61.4 Å². The fourth-order valence-corrected chi connectivity index (χ4v) is 2.91. The van der Waals surface area contributed by atoms with Gasteiger partial charge < -0.3 is 15.5 Å². The summed E-state index contributed by atoms with van der Waals surface area (Å²) in [5.74, 6) is 0.0251. The molecule has 0 aliphatic heterocycles. The van der Waals surface area contributed by atoms with Crippen LogP contribution in [-0.4, -0.2) is 30.9 Å². The number of nitrogens with zero attached hydrogens (tertiary/aromatic N) is 1. The summed E-state index contributed by atoms with van der Waals surface area (Å²) >= 11 is 12.1. The molecule has 0 fully saturated rings. The van der Waals surface area contributed by atoms with Crippen LogP contribution in [0.2, 0.25) is 10.0 Å². The number of carbonyl (C=O) groups excluding carboxylic acids is 2. The van der Waals surface area contributed by atoms with E-state index in [-0.39, 0.29) is 18.0 Å².